The van der Waals surface area contributed by atoms with Crippen molar-refractivity contribution >= 4 is 11.0 Å². The van der Waals surface area contributed by atoms with E-state index in [-0.39, 0.29) is 6.42 Å². The summed E-state index contributed by atoms with van der Waals surface area (Å²) < 4.78 is 57.6. The first-order valence-electron chi connectivity index (χ1n) is 8.87. The first kappa shape index (κ1) is 22.9. The van der Waals surface area contributed by atoms with E-state index in [1.807, 2.05) is 19.1 Å². The van der Waals surface area contributed by atoms with E-state index in [1.165, 1.54) is 18.2 Å². The first-order chi connectivity index (χ1) is 13.4. The van der Waals surface area contributed by atoms with Gasteiger partial charge in [0, 0.05) is 0 Å². The van der Waals surface area contributed by atoms with Gasteiger partial charge in [0.1, 0.15) is 5.75 Å². The van der Waals surface area contributed by atoms with Crippen molar-refractivity contribution < 1.29 is 22.1 Å². The maximum atomic E-state index is 13.0. The van der Waals surface area contributed by atoms with Crippen molar-refractivity contribution in [3.8, 4) is 11.8 Å². The van der Waals surface area contributed by atoms with Crippen LogP contribution in [0.25, 0.3) is 0 Å². The SMILES string of the molecule is Cc1cccc(C(CC#N)(N[S@](=O)C(C)(C)C)c2cccc(OC(F)(F)F)c2)c1. The molecule has 2 aromatic rings. The van der Waals surface area contributed by atoms with Crippen LogP contribution in [0.15, 0.2) is 48.5 Å². The third-order valence-electron chi connectivity index (χ3n) is 4.24. The monoisotopic (exact) mass is 424 g/mol. The highest BCUT2D eigenvalue weighted by Crippen LogP contribution is 2.37. The van der Waals surface area contributed by atoms with Gasteiger partial charge in [0.05, 0.1) is 33.8 Å². The van der Waals surface area contributed by atoms with E-state index in [0.717, 1.165) is 5.56 Å². The molecule has 2 atom stereocenters. The van der Waals surface area contributed by atoms with E-state index >= 15 is 0 Å². The van der Waals surface area contributed by atoms with Crippen LogP contribution in [-0.4, -0.2) is 15.3 Å². The lowest BCUT2D eigenvalue weighted by atomic mass is 9.81. The zero-order valence-corrected chi connectivity index (χ0v) is 17.4. The standard InChI is InChI=1S/C21H23F3N2O2S/c1-15-7-5-8-16(13-15)20(11-12-25,26-29(27)19(2,3)4)17-9-6-10-18(14-17)28-21(22,23)24/h5-10,13-14,26H,11H2,1-4H3/t20?,29-/m1/s1. The van der Waals surface area contributed by atoms with E-state index in [2.05, 4.69) is 15.5 Å². The second-order valence-electron chi connectivity index (χ2n) is 7.67. The second kappa shape index (κ2) is 8.56. The fourth-order valence-electron chi connectivity index (χ4n) is 2.82. The molecule has 0 aliphatic heterocycles. The van der Waals surface area contributed by atoms with Crippen LogP contribution in [0.4, 0.5) is 13.2 Å². The lowest BCUT2D eigenvalue weighted by molar-refractivity contribution is -0.274. The average molecular weight is 424 g/mol. The minimum Gasteiger partial charge on any atom is -0.406 e. The third-order valence-corrected chi connectivity index (χ3v) is 5.88. The molecule has 1 N–H and O–H groups in total. The fourth-order valence-corrected chi connectivity index (χ4v) is 3.75. The third kappa shape index (κ3) is 5.81. The molecule has 2 rings (SSSR count). The lowest BCUT2D eigenvalue weighted by Gasteiger charge is -2.36. The number of benzene rings is 2. The lowest BCUT2D eigenvalue weighted by Crippen LogP contribution is -2.48. The molecule has 2 aromatic carbocycles. The molecular formula is C21H23F3N2O2S. The minimum atomic E-state index is -4.85. The number of alkyl halides is 3. The molecule has 0 fully saturated rings. The predicted molar refractivity (Wildman–Crippen MR) is 106 cm³/mol. The van der Waals surface area contributed by atoms with Crippen molar-refractivity contribution in [2.24, 2.45) is 0 Å². The smallest absolute Gasteiger partial charge is 0.406 e. The van der Waals surface area contributed by atoms with Crippen molar-refractivity contribution in [2.75, 3.05) is 0 Å². The summed E-state index contributed by atoms with van der Waals surface area (Å²) in [6.45, 7) is 7.18. The van der Waals surface area contributed by atoms with Gasteiger partial charge < -0.3 is 4.74 Å². The number of hydrogen-bond donors (Lipinski definition) is 1. The summed E-state index contributed by atoms with van der Waals surface area (Å²) in [5, 5.41) is 9.57. The average Bonchev–Trinajstić information content (AvgIpc) is 2.59. The van der Waals surface area contributed by atoms with Gasteiger partial charge in [-0.15, -0.1) is 13.2 Å². The minimum absolute atomic E-state index is 0.145. The van der Waals surface area contributed by atoms with Crippen LogP contribution in [0, 0.1) is 18.3 Å². The number of aryl methyl sites for hydroxylation is 1. The molecule has 0 saturated heterocycles. The fraction of sp³-hybridized carbons (Fsp3) is 0.381. The molecule has 0 spiro atoms. The molecule has 0 heterocycles. The Kier molecular flexibility index (Phi) is 6.76. The number of nitrogens with one attached hydrogen (secondary N) is 1. The molecule has 0 amide bonds. The number of nitrogens with zero attached hydrogens (tertiary/aromatic N) is 1. The van der Waals surface area contributed by atoms with Crippen LogP contribution in [-0.2, 0) is 16.5 Å². The summed E-state index contributed by atoms with van der Waals surface area (Å²) in [5.74, 6) is -0.409. The molecule has 0 bridgehead atoms. The molecule has 0 saturated carbocycles. The molecule has 0 aromatic heterocycles. The zero-order valence-electron chi connectivity index (χ0n) is 16.6. The van der Waals surface area contributed by atoms with E-state index in [0.29, 0.717) is 11.1 Å². The van der Waals surface area contributed by atoms with E-state index in [9.17, 15) is 22.6 Å². The summed E-state index contributed by atoms with van der Waals surface area (Å²) in [4.78, 5) is 0. The molecule has 8 heteroatoms. The van der Waals surface area contributed by atoms with Gasteiger partial charge in [-0.1, -0.05) is 42.0 Å². The van der Waals surface area contributed by atoms with Gasteiger partial charge in [-0.25, -0.2) is 8.93 Å². The molecular weight excluding hydrogens is 401 g/mol. The quantitative estimate of drug-likeness (QED) is 0.702. The Bertz CT molecular complexity index is 932. The van der Waals surface area contributed by atoms with Gasteiger partial charge in [-0.05, 0) is 51.0 Å². The highest BCUT2D eigenvalue weighted by Gasteiger charge is 2.39. The Morgan fingerprint density at radius 1 is 1.07 bits per heavy atom. The molecule has 0 aliphatic carbocycles. The molecule has 1 unspecified atom stereocenters. The summed E-state index contributed by atoms with van der Waals surface area (Å²) in [6, 6.07) is 14.7. The maximum Gasteiger partial charge on any atom is 0.573 e. The maximum absolute atomic E-state index is 13.0. The zero-order chi connectivity index (χ0) is 21.9. The summed E-state index contributed by atoms with van der Waals surface area (Å²) >= 11 is 0. The van der Waals surface area contributed by atoms with E-state index in [4.69, 9.17) is 0 Å². The van der Waals surface area contributed by atoms with Gasteiger partial charge >= 0.3 is 6.36 Å². The van der Waals surface area contributed by atoms with Crippen molar-refractivity contribution in [3.63, 3.8) is 0 Å². The highest BCUT2D eigenvalue weighted by molar-refractivity contribution is 7.84. The molecule has 156 valence electrons. The summed E-state index contributed by atoms with van der Waals surface area (Å²) in [6.07, 6.45) is -4.99. The summed E-state index contributed by atoms with van der Waals surface area (Å²) in [5.41, 5.74) is 0.588. The van der Waals surface area contributed by atoms with E-state index in [1.54, 1.807) is 39.0 Å². The molecule has 0 radical (unpaired) electrons. The number of halogens is 3. The summed E-state index contributed by atoms with van der Waals surface area (Å²) in [7, 11) is -1.61. The topological polar surface area (TPSA) is 62.1 Å². The van der Waals surface area contributed by atoms with Gasteiger partial charge in [0.15, 0.2) is 0 Å². The van der Waals surface area contributed by atoms with Crippen LogP contribution in [0.3, 0.4) is 0 Å². The number of hydrogen-bond acceptors (Lipinski definition) is 3. The molecule has 0 aliphatic rings. The predicted octanol–water partition coefficient (Wildman–Crippen LogP) is 5.10. The number of ether oxygens (including phenoxy) is 1. The van der Waals surface area contributed by atoms with Crippen molar-refractivity contribution in [2.45, 2.75) is 50.8 Å². The van der Waals surface area contributed by atoms with Crippen LogP contribution in [0.2, 0.25) is 0 Å². The normalized spacial score (nSPS) is 15.2. The van der Waals surface area contributed by atoms with Crippen LogP contribution >= 0.6 is 0 Å². The van der Waals surface area contributed by atoms with Gasteiger partial charge in [-0.2, -0.15) is 5.26 Å². The Balaban J connectivity index is 2.70. The van der Waals surface area contributed by atoms with Crippen LogP contribution < -0.4 is 9.46 Å². The van der Waals surface area contributed by atoms with Gasteiger partial charge in [0.2, 0.25) is 0 Å². The largest absolute Gasteiger partial charge is 0.573 e. The Labute approximate surface area is 171 Å². The Morgan fingerprint density at radius 2 is 1.66 bits per heavy atom. The number of rotatable bonds is 6. The highest BCUT2D eigenvalue weighted by atomic mass is 32.2. The van der Waals surface area contributed by atoms with Crippen molar-refractivity contribution in [3.05, 3.63) is 65.2 Å². The Morgan fingerprint density at radius 3 is 2.17 bits per heavy atom. The van der Waals surface area contributed by atoms with Crippen LogP contribution in [0.5, 0.6) is 5.75 Å². The Hall–Kier alpha value is -2.37. The van der Waals surface area contributed by atoms with Crippen LogP contribution in [0.1, 0.15) is 43.9 Å². The number of nitriles is 1. The first-order valence-corrected chi connectivity index (χ1v) is 10.0. The molecule has 4 nitrogen and oxygen atoms in total. The van der Waals surface area contributed by atoms with Gasteiger partial charge in [0.25, 0.3) is 0 Å². The van der Waals surface area contributed by atoms with Crippen molar-refractivity contribution in [1.82, 2.24) is 4.72 Å². The van der Waals surface area contributed by atoms with Gasteiger partial charge in [-0.3, -0.25) is 0 Å². The second-order valence-corrected chi connectivity index (χ2v) is 9.63. The molecule has 29 heavy (non-hydrogen) atoms. The van der Waals surface area contributed by atoms with Crippen molar-refractivity contribution in [1.29, 1.82) is 5.26 Å². The van der Waals surface area contributed by atoms with E-state index < -0.39 is 33.4 Å².